The van der Waals surface area contributed by atoms with Gasteiger partial charge in [-0.05, 0) is 92.6 Å². The first-order valence-electron chi connectivity index (χ1n) is 13.4. The molecular formula is C29H48F3NO. The van der Waals surface area contributed by atoms with E-state index in [-0.39, 0.29) is 0 Å². The van der Waals surface area contributed by atoms with Gasteiger partial charge in [0, 0.05) is 6.42 Å². The van der Waals surface area contributed by atoms with Crippen molar-refractivity contribution in [3.63, 3.8) is 0 Å². The molecule has 34 heavy (non-hydrogen) atoms. The zero-order chi connectivity index (χ0) is 25.6. The molecule has 2 rings (SSSR count). The third-order valence-corrected chi connectivity index (χ3v) is 6.92. The van der Waals surface area contributed by atoms with Gasteiger partial charge in [-0.2, -0.15) is 13.2 Å². The first kappa shape index (κ1) is 30.5. The fourth-order valence-corrected chi connectivity index (χ4v) is 4.61. The summed E-state index contributed by atoms with van der Waals surface area (Å²) in [5.74, 6) is 2.89. The molecule has 1 aromatic carbocycles. The Balaban J connectivity index is 0.000000411. The van der Waals surface area contributed by atoms with Crippen LogP contribution in [0, 0.1) is 17.8 Å². The van der Waals surface area contributed by atoms with Crippen molar-refractivity contribution in [2.75, 3.05) is 13.1 Å². The van der Waals surface area contributed by atoms with Crippen molar-refractivity contribution in [3.05, 3.63) is 47.2 Å². The van der Waals surface area contributed by atoms with Crippen molar-refractivity contribution < 1.29 is 18.3 Å². The number of aliphatic hydroxyl groups excluding tert-OH is 1. The zero-order valence-corrected chi connectivity index (χ0v) is 22.1. The van der Waals surface area contributed by atoms with E-state index in [1.54, 1.807) is 12.1 Å². The molecule has 1 aliphatic carbocycles. The van der Waals surface area contributed by atoms with Gasteiger partial charge in [0.2, 0.25) is 0 Å². The lowest BCUT2D eigenvalue weighted by Crippen LogP contribution is -2.23. The zero-order valence-electron chi connectivity index (χ0n) is 22.1. The number of aliphatic hydroxyl groups is 1. The van der Waals surface area contributed by atoms with Crippen LogP contribution in [0.5, 0.6) is 0 Å². The third kappa shape index (κ3) is 12.3. The van der Waals surface area contributed by atoms with Gasteiger partial charge in [0.25, 0.3) is 0 Å². The molecule has 0 bridgehead atoms. The minimum atomic E-state index is -4.27. The van der Waals surface area contributed by atoms with Crippen LogP contribution in [0.2, 0.25) is 0 Å². The Morgan fingerprint density at radius 1 is 1.09 bits per heavy atom. The maximum Gasteiger partial charge on any atom is 0.416 e. The smallest absolute Gasteiger partial charge is 0.416 e. The second kappa shape index (κ2) is 16.2. The van der Waals surface area contributed by atoms with E-state index in [0.29, 0.717) is 24.0 Å². The van der Waals surface area contributed by atoms with Crippen LogP contribution in [0.25, 0.3) is 0 Å². The van der Waals surface area contributed by atoms with Gasteiger partial charge in [-0.25, -0.2) is 0 Å². The van der Waals surface area contributed by atoms with Crippen LogP contribution < -0.4 is 5.32 Å². The molecule has 2 nitrogen and oxygen atoms in total. The van der Waals surface area contributed by atoms with Gasteiger partial charge in [0.05, 0.1) is 11.3 Å². The van der Waals surface area contributed by atoms with E-state index in [1.165, 1.54) is 44.5 Å². The molecule has 2 unspecified atom stereocenters. The van der Waals surface area contributed by atoms with E-state index in [9.17, 15) is 18.3 Å². The van der Waals surface area contributed by atoms with E-state index in [4.69, 9.17) is 0 Å². The monoisotopic (exact) mass is 483 g/mol. The minimum absolute atomic E-state index is 0.301. The standard InChI is InChI=1S/C18H23F3O.C11H25N/c1-2-4-17(22)12-13-5-3-6-15(11-13)14-7-9-16(10-8-14)18(19,20)21;1-5-11(6-2)9-12-8-7-10(3)4/h4,7-10,13,15,22H,2-3,5-6,11-12H2,1H3;10-12H,5-9H2,1-4H3/b17-4+;. The summed E-state index contributed by atoms with van der Waals surface area (Å²) < 4.78 is 37.8. The van der Waals surface area contributed by atoms with Crippen molar-refractivity contribution in [3.8, 4) is 0 Å². The molecule has 5 heteroatoms. The fourth-order valence-electron chi connectivity index (χ4n) is 4.61. The highest BCUT2D eigenvalue weighted by Gasteiger charge is 2.31. The molecule has 0 radical (unpaired) electrons. The summed E-state index contributed by atoms with van der Waals surface area (Å²) >= 11 is 0. The van der Waals surface area contributed by atoms with Crippen molar-refractivity contribution in [2.24, 2.45) is 17.8 Å². The maximum absolute atomic E-state index is 12.6. The van der Waals surface area contributed by atoms with Crippen molar-refractivity contribution in [2.45, 2.75) is 105 Å². The molecule has 1 aromatic rings. The van der Waals surface area contributed by atoms with Gasteiger partial charge in [0.15, 0.2) is 0 Å². The lowest BCUT2D eigenvalue weighted by molar-refractivity contribution is -0.137. The van der Waals surface area contributed by atoms with Crippen molar-refractivity contribution in [1.82, 2.24) is 5.32 Å². The molecule has 0 spiro atoms. The van der Waals surface area contributed by atoms with Gasteiger partial charge in [-0.1, -0.05) is 66.0 Å². The molecular weight excluding hydrogens is 435 g/mol. The van der Waals surface area contributed by atoms with E-state index >= 15 is 0 Å². The number of benzene rings is 1. The number of rotatable bonds is 11. The Bertz CT molecular complexity index is 678. The Morgan fingerprint density at radius 2 is 1.74 bits per heavy atom. The second-order valence-corrected chi connectivity index (χ2v) is 10.2. The molecule has 0 saturated heterocycles. The number of nitrogens with one attached hydrogen (secondary N) is 1. The van der Waals surface area contributed by atoms with E-state index < -0.39 is 11.7 Å². The van der Waals surface area contributed by atoms with Crippen LogP contribution in [0.4, 0.5) is 13.2 Å². The van der Waals surface area contributed by atoms with Gasteiger partial charge in [0.1, 0.15) is 0 Å². The van der Waals surface area contributed by atoms with Gasteiger partial charge in [-0.15, -0.1) is 0 Å². The first-order chi connectivity index (χ1) is 16.1. The molecule has 2 N–H and O–H groups in total. The highest BCUT2D eigenvalue weighted by atomic mass is 19.4. The molecule has 0 aromatic heterocycles. The summed E-state index contributed by atoms with van der Waals surface area (Å²) in [7, 11) is 0. The summed E-state index contributed by atoms with van der Waals surface area (Å²) in [6.07, 6.45) is 7.09. The largest absolute Gasteiger partial charge is 0.513 e. The van der Waals surface area contributed by atoms with Crippen molar-refractivity contribution in [1.29, 1.82) is 0 Å². The van der Waals surface area contributed by atoms with E-state index in [1.807, 2.05) is 13.0 Å². The molecule has 0 amide bonds. The lowest BCUT2D eigenvalue weighted by Gasteiger charge is -2.29. The van der Waals surface area contributed by atoms with Crippen LogP contribution in [-0.2, 0) is 6.18 Å². The average Bonchev–Trinajstić information content (AvgIpc) is 2.79. The van der Waals surface area contributed by atoms with Crippen LogP contribution in [0.1, 0.15) is 109 Å². The maximum atomic E-state index is 12.6. The lowest BCUT2D eigenvalue weighted by atomic mass is 9.76. The van der Waals surface area contributed by atoms with Crippen LogP contribution in [0.3, 0.4) is 0 Å². The Hall–Kier alpha value is -1.49. The number of hydrogen-bond donors (Lipinski definition) is 2. The number of hydrogen-bond acceptors (Lipinski definition) is 2. The second-order valence-electron chi connectivity index (χ2n) is 10.2. The summed E-state index contributed by atoms with van der Waals surface area (Å²) in [5, 5.41) is 13.3. The summed E-state index contributed by atoms with van der Waals surface area (Å²) in [4.78, 5) is 0. The van der Waals surface area contributed by atoms with Gasteiger partial charge < -0.3 is 10.4 Å². The molecule has 0 heterocycles. The quantitative estimate of drug-likeness (QED) is 0.243. The topological polar surface area (TPSA) is 32.3 Å². The first-order valence-corrected chi connectivity index (χ1v) is 13.4. The Labute approximate surface area is 206 Å². The molecule has 1 fully saturated rings. The molecule has 1 aliphatic rings. The number of alkyl halides is 3. The molecule has 196 valence electrons. The molecule has 1 saturated carbocycles. The molecule has 0 aliphatic heterocycles. The number of halogens is 3. The van der Waals surface area contributed by atoms with Crippen LogP contribution in [0.15, 0.2) is 36.1 Å². The number of allylic oxidation sites excluding steroid dienone is 2. The fraction of sp³-hybridized carbons (Fsp3) is 0.724. The Morgan fingerprint density at radius 3 is 2.26 bits per heavy atom. The van der Waals surface area contributed by atoms with E-state index in [2.05, 4.69) is 33.0 Å². The van der Waals surface area contributed by atoms with Gasteiger partial charge in [-0.3, -0.25) is 0 Å². The SMILES string of the molecule is CC/C=C(/O)CC1CCCC(c2ccc(C(F)(F)F)cc2)C1.CCC(CC)CNCCC(C)C. The van der Waals surface area contributed by atoms with Crippen molar-refractivity contribution >= 4 is 0 Å². The predicted molar refractivity (Wildman–Crippen MR) is 138 cm³/mol. The van der Waals surface area contributed by atoms with Crippen LogP contribution >= 0.6 is 0 Å². The predicted octanol–water partition coefficient (Wildman–Crippen LogP) is 9.28. The summed E-state index contributed by atoms with van der Waals surface area (Å²) in [6, 6.07) is 5.57. The van der Waals surface area contributed by atoms with E-state index in [0.717, 1.165) is 49.5 Å². The Kier molecular flexibility index (Phi) is 14.6. The summed E-state index contributed by atoms with van der Waals surface area (Å²) in [5.41, 5.74) is 0.392. The summed E-state index contributed by atoms with van der Waals surface area (Å²) in [6.45, 7) is 13.5. The third-order valence-electron chi connectivity index (χ3n) is 6.92. The van der Waals surface area contributed by atoms with Gasteiger partial charge >= 0.3 is 6.18 Å². The highest BCUT2D eigenvalue weighted by molar-refractivity contribution is 5.27. The molecule has 2 atom stereocenters. The highest BCUT2D eigenvalue weighted by Crippen LogP contribution is 2.39. The minimum Gasteiger partial charge on any atom is -0.513 e. The normalized spacial score (nSPS) is 19.3. The average molecular weight is 484 g/mol. The van der Waals surface area contributed by atoms with Crippen LogP contribution in [-0.4, -0.2) is 18.2 Å².